The van der Waals surface area contributed by atoms with Gasteiger partial charge in [0, 0.05) is 52.7 Å². The quantitative estimate of drug-likeness (QED) is 0.228. The lowest BCUT2D eigenvalue weighted by molar-refractivity contribution is 0.415. The number of anilines is 3. The van der Waals surface area contributed by atoms with Crippen LogP contribution in [0.2, 0.25) is 10.0 Å². The molecule has 0 aliphatic rings. The molecule has 5 aromatic rings. The summed E-state index contributed by atoms with van der Waals surface area (Å²) < 4.78 is 5.30. The molecule has 0 aliphatic carbocycles. The Morgan fingerprint density at radius 2 is 1.79 bits per heavy atom. The first kappa shape index (κ1) is 21.4. The number of halogens is 2. The molecule has 33 heavy (non-hydrogen) atoms. The Labute approximate surface area is 201 Å². The van der Waals surface area contributed by atoms with Gasteiger partial charge >= 0.3 is 0 Å². The van der Waals surface area contributed by atoms with E-state index in [2.05, 4.69) is 26.7 Å². The summed E-state index contributed by atoms with van der Waals surface area (Å²) in [5.74, 6) is 0.834. The number of pyridine rings is 1. The summed E-state index contributed by atoms with van der Waals surface area (Å²) in [5, 5.41) is 10.1. The highest BCUT2D eigenvalue weighted by molar-refractivity contribution is 6.39. The predicted octanol–water partition coefficient (Wildman–Crippen LogP) is 7.43. The number of hydrogen-bond donors (Lipinski definition) is 3. The van der Waals surface area contributed by atoms with Crippen LogP contribution in [0.25, 0.3) is 21.8 Å². The van der Waals surface area contributed by atoms with E-state index in [1.54, 1.807) is 13.3 Å². The van der Waals surface area contributed by atoms with Crippen molar-refractivity contribution in [1.82, 2.24) is 9.97 Å². The van der Waals surface area contributed by atoms with Gasteiger partial charge in [0.25, 0.3) is 0 Å². The molecule has 0 fully saturated rings. The van der Waals surface area contributed by atoms with Gasteiger partial charge in [-0.2, -0.15) is 0 Å². The molecule has 2 heterocycles. The van der Waals surface area contributed by atoms with Crippen molar-refractivity contribution in [3.8, 4) is 5.75 Å². The van der Waals surface area contributed by atoms with Crippen molar-refractivity contribution in [2.45, 2.75) is 6.42 Å². The van der Waals surface area contributed by atoms with E-state index in [0.29, 0.717) is 16.6 Å². The van der Waals surface area contributed by atoms with Crippen LogP contribution in [0, 0.1) is 0 Å². The summed E-state index contributed by atoms with van der Waals surface area (Å²) in [6, 6.07) is 19.7. The smallest absolute Gasteiger partial charge is 0.120 e. The number of ether oxygens (including phenoxy) is 1. The Kier molecular flexibility index (Phi) is 5.99. The third-order valence-electron chi connectivity index (χ3n) is 5.64. The number of aromatic nitrogens is 2. The molecule has 0 saturated heterocycles. The summed E-state index contributed by atoms with van der Waals surface area (Å²) in [6.45, 7) is 0.695. The Morgan fingerprint density at radius 1 is 0.970 bits per heavy atom. The van der Waals surface area contributed by atoms with Crippen LogP contribution >= 0.6 is 23.2 Å². The highest BCUT2D eigenvalue weighted by Crippen LogP contribution is 2.36. The maximum atomic E-state index is 6.59. The maximum absolute atomic E-state index is 6.59. The molecule has 5 nitrogen and oxygen atoms in total. The standard InChI is InChI=1S/C26H22Cl2N4O/c1-33-18-6-7-19-16(15-31-25(19)14-18)8-10-30-26-21(27)12-17(13-22(26)28)32-24-9-11-29-23-5-3-2-4-20(23)24/h2-7,9,11-15,30-31H,8,10H2,1H3,(H,29,32). The van der Waals surface area contributed by atoms with Gasteiger partial charge in [-0.15, -0.1) is 0 Å². The molecule has 2 aromatic heterocycles. The molecule has 0 bridgehead atoms. The normalized spacial score (nSPS) is 11.1. The van der Waals surface area contributed by atoms with E-state index in [1.807, 2.05) is 60.8 Å². The molecule has 0 unspecified atom stereocenters. The molecule has 3 aromatic carbocycles. The van der Waals surface area contributed by atoms with E-state index in [0.717, 1.165) is 45.7 Å². The Morgan fingerprint density at radius 3 is 2.61 bits per heavy atom. The second-order valence-corrected chi connectivity index (χ2v) is 8.53. The van der Waals surface area contributed by atoms with Gasteiger partial charge < -0.3 is 20.4 Å². The van der Waals surface area contributed by atoms with Crippen molar-refractivity contribution in [3.63, 3.8) is 0 Å². The molecule has 3 N–H and O–H groups in total. The minimum absolute atomic E-state index is 0.562. The van der Waals surface area contributed by atoms with Gasteiger partial charge in [-0.3, -0.25) is 4.98 Å². The topological polar surface area (TPSA) is 62.0 Å². The number of methoxy groups -OCH3 is 1. The summed E-state index contributed by atoms with van der Waals surface area (Å²) >= 11 is 13.2. The number of H-pyrrole nitrogens is 1. The van der Waals surface area contributed by atoms with Gasteiger partial charge in [0.05, 0.1) is 28.4 Å². The predicted molar refractivity (Wildman–Crippen MR) is 139 cm³/mol. The first-order chi connectivity index (χ1) is 16.1. The highest BCUT2D eigenvalue weighted by atomic mass is 35.5. The van der Waals surface area contributed by atoms with Crippen LogP contribution in [0.15, 0.2) is 73.1 Å². The summed E-state index contributed by atoms with van der Waals surface area (Å²) in [7, 11) is 1.67. The van der Waals surface area contributed by atoms with Gasteiger partial charge in [-0.05, 0) is 48.4 Å². The van der Waals surface area contributed by atoms with Crippen molar-refractivity contribution in [3.05, 3.63) is 88.7 Å². The Balaban J connectivity index is 1.30. The average Bonchev–Trinajstić information content (AvgIpc) is 3.23. The van der Waals surface area contributed by atoms with Crippen LogP contribution < -0.4 is 15.4 Å². The van der Waals surface area contributed by atoms with Crippen LogP contribution in [-0.4, -0.2) is 23.6 Å². The number of aromatic amines is 1. The fourth-order valence-electron chi connectivity index (χ4n) is 4.00. The van der Waals surface area contributed by atoms with Crippen molar-refractivity contribution in [2.24, 2.45) is 0 Å². The largest absolute Gasteiger partial charge is 0.497 e. The molecule has 7 heteroatoms. The van der Waals surface area contributed by atoms with Crippen molar-refractivity contribution < 1.29 is 4.74 Å². The molecular formula is C26H22Cl2N4O. The van der Waals surface area contributed by atoms with Gasteiger partial charge in [-0.25, -0.2) is 0 Å². The number of benzene rings is 3. The summed E-state index contributed by atoms with van der Waals surface area (Å²) in [5.41, 5.74) is 5.69. The second-order valence-electron chi connectivity index (χ2n) is 7.72. The van der Waals surface area contributed by atoms with Crippen LogP contribution in [0.4, 0.5) is 17.1 Å². The molecule has 0 saturated carbocycles. The molecule has 5 rings (SSSR count). The molecule has 0 aliphatic heterocycles. The Hall–Kier alpha value is -3.41. The third-order valence-corrected chi connectivity index (χ3v) is 6.24. The molecule has 0 spiro atoms. The third kappa shape index (κ3) is 4.42. The molecule has 0 atom stereocenters. The van der Waals surface area contributed by atoms with E-state index in [9.17, 15) is 0 Å². The molecule has 0 amide bonds. The SMILES string of the molecule is COc1ccc2c(CCNc3c(Cl)cc(Nc4ccnc5ccccc45)cc3Cl)c[nH]c2c1. The number of nitrogens with zero attached hydrogens (tertiary/aromatic N) is 1. The lowest BCUT2D eigenvalue weighted by Crippen LogP contribution is -2.06. The van der Waals surface area contributed by atoms with E-state index in [1.165, 1.54) is 10.9 Å². The van der Waals surface area contributed by atoms with Crippen molar-refractivity contribution in [2.75, 3.05) is 24.3 Å². The zero-order valence-electron chi connectivity index (χ0n) is 18.0. The second kappa shape index (κ2) is 9.22. The molecule has 166 valence electrons. The summed E-state index contributed by atoms with van der Waals surface area (Å²) in [4.78, 5) is 7.71. The van der Waals surface area contributed by atoms with Crippen LogP contribution in [0.3, 0.4) is 0 Å². The van der Waals surface area contributed by atoms with Gasteiger partial charge in [-0.1, -0.05) is 41.4 Å². The lowest BCUT2D eigenvalue weighted by atomic mass is 10.1. The Bertz CT molecular complexity index is 1420. The number of hydrogen-bond acceptors (Lipinski definition) is 4. The maximum Gasteiger partial charge on any atom is 0.120 e. The molecular weight excluding hydrogens is 455 g/mol. The minimum atomic E-state index is 0.562. The average molecular weight is 477 g/mol. The van der Waals surface area contributed by atoms with E-state index >= 15 is 0 Å². The van der Waals surface area contributed by atoms with E-state index < -0.39 is 0 Å². The highest BCUT2D eigenvalue weighted by Gasteiger charge is 2.11. The van der Waals surface area contributed by atoms with Crippen molar-refractivity contribution in [1.29, 1.82) is 0 Å². The lowest BCUT2D eigenvalue weighted by Gasteiger charge is -2.14. The fraction of sp³-hybridized carbons (Fsp3) is 0.115. The van der Waals surface area contributed by atoms with E-state index in [-0.39, 0.29) is 0 Å². The number of nitrogens with one attached hydrogen (secondary N) is 3. The zero-order valence-corrected chi connectivity index (χ0v) is 19.5. The number of rotatable bonds is 7. The van der Waals surface area contributed by atoms with Crippen LogP contribution in [-0.2, 0) is 6.42 Å². The zero-order chi connectivity index (χ0) is 22.8. The van der Waals surface area contributed by atoms with E-state index in [4.69, 9.17) is 27.9 Å². The molecule has 0 radical (unpaired) electrons. The van der Waals surface area contributed by atoms with Crippen molar-refractivity contribution >= 4 is 62.1 Å². The monoisotopic (exact) mass is 476 g/mol. The van der Waals surface area contributed by atoms with Gasteiger partial charge in [0.15, 0.2) is 0 Å². The fourth-order valence-corrected chi connectivity index (χ4v) is 4.62. The van der Waals surface area contributed by atoms with Gasteiger partial charge in [0.2, 0.25) is 0 Å². The van der Waals surface area contributed by atoms with Crippen LogP contribution in [0.5, 0.6) is 5.75 Å². The minimum Gasteiger partial charge on any atom is -0.497 e. The number of para-hydroxylation sites is 1. The summed E-state index contributed by atoms with van der Waals surface area (Å²) in [6.07, 6.45) is 4.63. The van der Waals surface area contributed by atoms with Crippen LogP contribution in [0.1, 0.15) is 5.56 Å². The first-order valence-corrected chi connectivity index (χ1v) is 11.4. The van der Waals surface area contributed by atoms with Gasteiger partial charge in [0.1, 0.15) is 5.75 Å². The number of fused-ring (bicyclic) bond motifs is 2. The first-order valence-electron chi connectivity index (χ1n) is 10.6.